The van der Waals surface area contributed by atoms with Crippen LogP contribution >= 0.6 is 11.3 Å². The van der Waals surface area contributed by atoms with Gasteiger partial charge in [-0.3, -0.25) is 4.90 Å². The molecule has 2 fully saturated rings. The van der Waals surface area contributed by atoms with Gasteiger partial charge < -0.3 is 19.2 Å². The molecule has 2 saturated heterocycles. The molecular weight excluding hydrogens is 404 g/mol. The standard InChI is InChI=1S/C21H24N4O4S/c1-12(28-2)15-6-7-16(19-22-8-9-30-19)18-17(15)23-20(29-18)24-10-13-4-3-5-14(11-24)25(13)21(26)27/h6-9,12-14H,3-5,10-11H2,1-2H3,(H,26,27). The van der Waals surface area contributed by atoms with E-state index in [9.17, 15) is 9.90 Å². The lowest BCUT2D eigenvalue weighted by Gasteiger charge is -2.48. The lowest BCUT2D eigenvalue weighted by molar-refractivity contribution is 0.0593. The third-order valence-corrected chi connectivity index (χ3v) is 7.04. The molecule has 2 aliphatic heterocycles. The number of piperidine rings is 1. The number of carboxylic acid groups (broad SMARTS) is 1. The van der Waals surface area contributed by atoms with Crippen molar-refractivity contribution in [3.63, 3.8) is 0 Å². The van der Waals surface area contributed by atoms with E-state index in [1.807, 2.05) is 24.4 Å². The number of nitrogens with zero attached hydrogens (tertiary/aromatic N) is 4. The van der Waals surface area contributed by atoms with Crippen LogP contribution in [0.3, 0.4) is 0 Å². The van der Waals surface area contributed by atoms with Gasteiger partial charge in [0.25, 0.3) is 6.01 Å². The first kappa shape index (κ1) is 19.3. The molecule has 30 heavy (non-hydrogen) atoms. The van der Waals surface area contributed by atoms with Gasteiger partial charge in [-0.15, -0.1) is 11.3 Å². The highest BCUT2D eigenvalue weighted by Crippen LogP contribution is 2.38. The van der Waals surface area contributed by atoms with Crippen LogP contribution in [0, 0.1) is 0 Å². The molecule has 1 amide bonds. The number of oxazole rings is 1. The van der Waals surface area contributed by atoms with E-state index in [0.29, 0.717) is 24.7 Å². The van der Waals surface area contributed by atoms with Crippen molar-refractivity contribution in [3.8, 4) is 10.6 Å². The van der Waals surface area contributed by atoms with Gasteiger partial charge in [-0.25, -0.2) is 9.78 Å². The molecule has 5 rings (SSSR count). The van der Waals surface area contributed by atoms with Crippen LogP contribution in [0.5, 0.6) is 0 Å². The van der Waals surface area contributed by atoms with Crippen molar-refractivity contribution in [1.29, 1.82) is 0 Å². The first-order chi connectivity index (χ1) is 14.6. The molecule has 2 aromatic heterocycles. The number of amides is 1. The van der Waals surface area contributed by atoms with Crippen molar-refractivity contribution in [2.75, 3.05) is 25.1 Å². The Bertz CT molecular complexity index is 1050. The number of anilines is 1. The van der Waals surface area contributed by atoms with E-state index in [2.05, 4.69) is 9.88 Å². The number of benzene rings is 1. The average Bonchev–Trinajstić information content (AvgIpc) is 3.41. The predicted molar refractivity (Wildman–Crippen MR) is 114 cm³/mol. The van der Waals surface area contributed by atoms with Crippen molar-refractivity contribution in [1.82, 2.24) is 14.9 Å². The summed E-state index contributed by atoms with van der Waals surface area (Å²) in [6.45, 7) is 3.18. The first-order valence-corrected chi connectivity index (χ1v) is 11.1. The number of carbonyl (C=O) groups is 1. The van der Waals surface area contributed by atoms with E-state index in [-0.39, 0.29) is 18.2 Å². The molecule has 8 nitrogen and oxygen atoms in total. The number of fused-ring (bicyclic) bond motifs is 3. The van der Waals surface area contributed by atoms with Gasteiger partial charge in [0.15, 0.2) is 5.58 Å². The monoisotopic (exact) mass is 428 g/mol. The fraction of sp³-hybridized carbons (Fsp3) is 0.476. The van der Waals surface area contributed by atoms with Crippen molar-refractivity contribution in [3.05, 3.63) is 29.3 Å². The smallest absolute Gasteiger partial charge is 0.407 e. The molecule has 0 aliphatic carbocycles. The second-order valence-corrected chi connectivity index (χ2v) is 8.82. The zero-order valence-electron chi connectivity index (χ0n) is 16.9. The van der Waals surface area contributed by atoms with Gasteiger partial charge in [0, 0.05) is 37.3 Å². The summed E-state index contributed by atoms with van der Waals surface area (Å²) in [5.41, 5.74) is 3.35. The molecule has 0 spiro atoms. The quantitative estimate of drug-likeness (QED) is 0.659. The number of hydrogen-bond donors (Lipinski definition) is 1. The Morgan fingerprint density at radius 2 is 2.10 bits per heavy atom. The maximum atomic E-state index is 11.7. The molecule has 158 valence electrons. The van der Waals surface area contributed by atoms with Gasteiger partial charge in [-0.2, -0.15) is 4.98 Å². The summed E-state index contributed by atoms with van der Waals surface area (Å²) in [5, 5.41) is 12.5. The number of hydrogen-bond acceptors (Lipinski definition) is 7. The van der Waals surface area contributed by atoms with Gasteiger partial charge in [0.1, 0.15) is 10.5 Å². The van der Waals surface area contributed by atoms with Crippen LogP contribution in [0.25, 0.3) is 21.7 Å². The minimum Gasteiger partial charge on any atom is -0.465 e. The first-order valence-electron chi connectivity index (χ1n) is 10.2. The van der Waals surface area contributed by atoms with E-state index in [1.165, 1.54) is 0 Å². The fourth-order valence-electron chi connectivity index (χ4n) is 4.71. The van der Waals surface area contributed by atoms with E-state index >= 15 is 0 Å². The molecule has 3 atom stereocenters. The Morgan fingerprint density at radius 3 is 2.73 bits per heavy atom. The van der Waals surface area contributed by atoms with Gasteiger partial charge in [0.2, 0.25) is 0 Å². The summed E-state index contributed by atoms with van der Waals surface area (Å²) in [4.78, 5) is 24.8. The molecule has 0 radical (unpaired) electrons. The van der Waals surface area contributed by atoms with Gasteiger partial charge in [0.05, 0.1) is 23.8 Å². The van der Waals surface area contributed by atoms with Crippen LogP contribution in [0.4, 0.5) is 10.8 Å². The molecule has 2 aliphatic rings. The Hall–Kier alpha value is -2.65. The minimum atomic E-state index is -0.829. The second kappa shape index (κ2) is 7.55. The molecule has 3 unspecified atom stereocenters. The summed E-state index contributed by atoms with van der Waals surface area (Å²) < 4.78 is 11.9. The molecule has 9 heteroatoms. The highest BCUT2D eigenvalue weighted by Gasteiger charge is 2.41. The SMILES string of the molecule is COC(C)c1ccc(-c2nccs2)c2oc(N3CC4CCCC(C3)N4C(=O)O)nc12. The molecule has 1 aromatic carbocycles. The van der Waals surface area contributed by atoms with Crippen LogP contribution in [0.2, 0.25) is 0 Å². The van der Waals surface area contributed by atoms with Gasteiger partial charge in [-0.05, 0) is 32.3 Å². The van der Waals surface area contributed by atoms with Crippen LogP contribution in [0.15, 0.2) is 28.1 Å². The van der Waals surface area contributed by atoms with Crippen LogP contribution in [-0.4, -0.2) is 58.4 Å². The van der Waals surface area contributed by atoms with Crippen molar-refractivity contribution in [2.24, 2.45) is 0 Å². The van der Waals surface area contributed by atoms with E-state index in [1.54, 1.807) is 29.5 Å². The number of rotatable bonds is 4. The molecule has 3 aromatic rings. The molecule has 1 N–H and O–H groups in total. The van der Waals surface area contributed by atoms with E-state index < -0.39 is 6.09 Å². The predicted octanol–water partition coefficient (Wildman–Crippen LogP) is 4.38. The highest BCUT2D eigenvalue weighted by atomic mass is 32.1. The third kappa shape index (κ3) is 3.13. The summed E-state index contributed by atoms with van der Waals surface area (Å²) in [5.74, 6) is 0. The summed E-state index contributed by atoms with van der Waals surface area (Å²) in [6.07, 6.45) is 3.63. The van der Waals surface area contributed by atoms with E-state index in [4.69, 9.17) is 14.1 Å². The summed E-state index contributed by atoms with van der Waals surface area (Å²) in [6, 6.07) is 4.52. The Morgan fingerprint density at radius 1 is 1.33 bits per heavy atom. The lowest BCUT2D eigenvalue weighted by Crippen LogP contribution is -2.62. The van der Waals surface area contributed by atoms with Crippen LogP contribution in [-0.2, 0) is 4.74 Å². The van der Waals surface area contributed by atoms with Gasteiger partial charge >= 0.3 is 6.09 Å². The number of aromatic nitrogens is 2. The fourth-order valence-corrected chi connectivity index (χ4v) is 5.37. The lowest BCUT2D eigenvalue weighted by atomic mass is 9.92. The molecule has 0 saturated carbocycles. The molecular formula is C21H24N4O4S. The Balaban J connectivity index is 1.57. The topological polar surface area (TPSA) is 91.9 Å². The zero-order chi connectivity index (χ0) is 20.8. The largest absolute Gasteiger partial charge is 0.465 e. The minimum absolute atomic E-state index is 0.0270. The number of piperazine rings is 1. The normalized spacial score (nSPS) is 22.5. The maximum absolute atomic E-state index is 11.7. The number of thiazole rings is 1. The molecule has 2 bridgehead atoms. The summed E-state index contributed by atoms with van der Waals surface area (Å²) in [7, 11) is 1.68. The average molecular weight is 429 g/mol. The molecule has 4 heterocycles. The highest BCUT2D eigenvalue weighted by molar-refractivity contribution is 7.13. The third-order valence-electron chi connectivity index (χ3n) is 6.23. The maximum Gasteiger partial charge on any atom is 0.407 e. The van der Waals surface area contributed by atoms with Crippen LogP contribution < -0.4 is 4.90 Å². The summed E-state index contributed by atoms with van der Waals surface area (Å²) >= 11 is 1.56. The van der Waals surface area contributed by atoms with Crippen molar-refractivity contribution >= 4 is 34.5 Å². The van der Waals surface area contributed by atoms with Gasteiger partial charge in [-0.1, -0.05) is 6.07 Å². The number of methoxy groups -OCH3 is 1. The Kier molecular flexibility index (Phi) is 4.86. The van der Waals surface area contributed by atoms with E-state index in [0.717, 1.165) is 40.9 Å². The Labute approximate surface area is 178 Å². The van der Waals surface area contributed by atoms with Crippen molar-refractivity contribution in [2.45, 2.75) is 44.4 Å². The second-order valence-electron chi connectivity index (χ2n) is 7.93. The van der Waals surface area contributed by atoms with Crippen molar-refractivity contribution < 1.29 is 19.1 Å². The number of ether oxygens (including phenoxy) is 1. The zero-order valence-corrected chi connectivity index (χ0v) is 17.8. The van der Waals surface area contributed by atoms with Crippen LogP contribution in [0.1, 0.15) is 37.9 Å².